The van der Waals surface area contributed by atoms with Crippen molar-refractivity contribution in [3.05, 3.63) is 94.0 Å². The van der Waals surface area contributed by atoms with E-state index in [0.717, 1.165) is 15.6 Å². The largest absolute Gasteiger partial charge is 0.493 e. The average molecular weight is 427 g/mol. The fraction of sp³-hybridized carbons (Fsp3) is 0.136. The average Bonchev–Trinajstić information content (AvgIpc) is 2.72. The molecule has 0 saturated carbocycles. The van der Waals surface area contributed by atoms with E-state index in [-0.39, 0.29) is 12.6 Å². The van der Waals surface area contributed by atoms with Crippen LogP contribution in [0.1, 0.15) is 21.5 Å². The van der Waals surface area contributed by atoms with Crippen LogP contribution in [-0.4, -0.2) is 13.1 Å². The van der Waals surface area contributed by atoms with Gasteiger partial charge in [0.1, 0.15) is 13.2 Å². The van der Waals surface area contributed by atoms with Crippen molar-refractivity contribution in [1.82, 2.24) is 0 Å². The first-order chi connectivity index (χ1) is 13.2. The monoisotopic (exact) mass is 426 g/mol. The molecule has 0 saturated heterocycles. The topological polar surface area (TPSA) is 44.8 Å². The Bertz CT molecular complexity index is 889. The van der Waals surface area contributed by atoms with Crippen molar-refractivity contribution in [3.63, 3.8) is 0 Å². The summed E-state index contributed by atoms with van der Waals surface area (Å²) < 4.78 is 17.4. The molecule has 4 nitrogen and oxygen atoms in total. The molecule has 0 radical (unpaired) electrons. The van der Waals surface area contributed by atoms with Gasteiger partial charge in [-0.2, -0.15) is 0 Å². The fourth-order valence-electron chi connectivity index (χ4n) is 2.45. The molecule has 0 amide bonds. The number of methoxy groups -OCH3 is 1. The Labute approximate surface area is 166 Å². The third-order valence-corrected chi connectivity index (χ3v) is 4.46. The molecule has 0 bridgehead atoms. The maximum Gasteiger partial charge on any atom is 0.338 e. The predicted molar refractivity (Wildman–Crippen MR) is 107 cm³/mol. The Morgan fingerprint density at radius 3 is 2.07 bits per heavy atom. The number of rotatable bonds is 7. The molecule has 0 heterocycles. The summed E-state index contributed by atoms with van der Waals surface area (Å²) in [5.74, 6) is 1.01. The zero-order chi connectivity index (χ0) is 19.1. The fourth-order valence-corrected chi connectivity index (χ4v) is 2.71. The van der Waals surface area contributed by atoms with Gasteiger partial charge in [0.05, 0.1) is 12.7 Å². The van der Waals surface area contributed by atoms with Gasteiger partial charge in [0, 0.05) is 4.47 Å². The molecular formula is C22H19BrO4. The number of hydrogen-bond acceptors (Lipinski definition) is 4. The minimum atomic E-state index is -0.352. The molecule has 0 aliphatic rings. The quantitative estimate of drug-likeness (QED) is 0.474. The first-order valence-electron chi connectivity index (χ1n) is 8.42. The lowest BCUT2D eigenvalue weighted by atomic mass is 10.1. The molecule has 0 aliphatic heterocycles. The second kappa shape index (κ2) is 9.24. The van der Waals surface area contributed by atoms with Gasteiger partial charge >= 0.3 is 5.97 Å². The molecule has 3 aromatic rings. The smallest absolute Gasteiger partial charge is 0.338 e. The van der Waals surface area contributed by atoms with Crippen LogP contribution in [0.25, 0.3) is 0 Å². The van der Waals surface area contributed by atoms with E-state index >= 15 is 0 Å². The van der Waals surface area contributed by atoms with Gasteiger partial charge in [-0.1, -0.05) is 52.3 Å². The van der Waals surface area contributed by atoms with Gasteiger partial charge in [-0.3, -0.25) is 0 Å². The van der Waals surface area contributed by atoms with Gasteiger partial charge in [-0.05, 0) is 47.5 Å². The molecular weight excluding hydrogens is 408 g/mol. The third kappa shape index (κ3) is 5.34. The van der Waals surface area contributed by atoms with Crippen molar-refractivity contribution in [1.29, 1.82) is 0 Å². The number of hydrogen-bond donors (Lipinski definition) is 0. The molecule has 0 N–H and O–H groups in total. The van der Waals surface area contributed by atoms with Crippen molar-refractivity contribution >= 4 is 21.9 Å². The molecule has 5 heteroatoms. The number of ether oxygens (including phenoxy) is 3. The van der Waals surface area contributed by atoms with E-state index in [1.165, 1.54) is 0 Å². The number of halogens is 1. The second-order valence-electron chi connectivity index (χ2n) is 5.84. The van der Waals surface area contributed by atoms with Crippen LogP contribution in [0.4, 0.5) is 0 Å². The predicted octanol–water partition coefficient (Wildman–Crippen LogP) is 5.39. The van der Waals surface area contributed by atoms with Crippen LogP contribution >= 0.6 is 15.9 Å². The first kappa shape index (κ1) is 19.0. The van der Waals surface area contributed by atoms with Crippen molar-refractivity contribution in [2.75, 3.05) is 7.11 Å². The Morgan fingerprint density at radius 1 is 0.815 bits per heavy atom. The van der Waals surface area contributed by atoms with Gasteiger partial charge in [-0.25, -0.2) is 4.79 Å². The highest BCUT2D eigenvalue weighted by Crippen LogP contribution is 2.26. The van der Waals surface area contributed by atoms with Crippen LogP contribution in [0.3, 0.4) is 0 Å². The Morgan fingerprint density at radius 2 is 1.41 bits per heavy atom. The molecule has 0 fully saturated rings. The third-order valence-electron chi connectivity index (χ3n) is 3.94. The summed E-state index contributed by atoms with van der Waals surface area (Å²) in [7, 11) is 1.61. The van der Waals surface area contributed by atoms with E-state index in [4.69, 9.17) is 14.2 Å². The number of carbonyl (C=O) groups is 1. The SMILES string of the molecule is COc1ccccc1OCc1ccc(C(=O)OCc2ccc(Br)cc2)cc1. The van der Waals surface area contributed by atoms with Gasteiger partial charge in [0.15, 0.2) is 11.5 Å². The molecule has 3 rings (SSSR count). The summed E-state index contributed by atoms with van der Waals surface area (Å²) in [4.78, 5) is 12.2. The van der Waals surface area contributed by atoms with Crippen LogP contribution in [0.2, 0.25) is 0 Å². The van der Waals surface area contributed by atoms with E-state index in [1.54, 1.807) is 19.2 Å². The maximum atomic E-state index is 12.2. The normalized spacial score (nSPS) is 10.3. The minimum absolute atomic E-state index is 0.241. The van der Waals surface area contributed by atoms with Crippen LogP contribution in [-0.2, 0) is 18.0 Å². The van der Waals surface area contributed by atoms with Crippen LogP contribution < -0.4 is 9.47 Å². The molecule has 0 unspecified atom stereocenters. The summed E-state index contributed by atoms with van der Waals surface area (Å²) in [6.45, 7) is 0.624. The summed E-state index contributed by atoms with van der Waals surface area (Å²) in [6, 6.07) is 22.3. The zero-order valence-corrected chi connectivity index (χ0v) is 16.4. The molecule has 138 valence electrons. The number of para-hydroxylation sites is 2. The van der Waals surface area contributed by atoms with Crippen molar-refractivity contribution in [2.24, 2.45) is 0 Å². The van der Waals surface area contributed by atoms with E-state index in [9.17, 15) is 4.79 Å². The molecule has 0 spiro atoms. The van der Waals surface area contributed by atoms with Gasteiger partial charge in [0.25, 0.3) is 0 Å². The first-order valence-corrected chi connectivity index (χ1v) is 9.21. The van der Waals surface area contributed by atoms with Gasteiger partial charge in [-0.15, -0.1) is 0 Å². The van der Waals surface area contributed by atoms with Crippen molar-refractivity contribution in [3.8, 4) is 11.5 Å². The molecule has 27 heavy (non-hydrogen) atoms. The lowest BCUT2D eigenvalue weighted by molar-refractivity contribution is 0.0472. The highest BCUT2D eigenvalue weighted by Gasteiger charge is 2.08. The lowest BCUT2D eigenvalue weighted by Crippen LogP contribution is -2.05. The zero-order valence-electron chi connectivity index (χ0n) is 14.9. The highest BCUT2D eigenvalue weighted by molar-refractivity contribution is 9.10. The lowest BCUT2D eigenvalue weighted by Gasteiger charge is -2.10. The minimum Gasteiger partial charge on any atom is -0.493 e. The van der Waals surface area contributed by atoms with Crippen LogP contribution in [0.5, 0.6) is 11.5 Å². The number of benzene rings is 3. The Kier molecular flexibility index (Phi) is 6.49. The molecule has 0 atom stereocenters. The molecule has 0 aliphatic carbocycles. The number of esters is 1. The molecule has 3 aromatic carbocycles. The van der Waals surface area contributed by atoms with Crippen LogP contribution in [0, 0.1) is 0 Å². The van der Waals surface area contributed by atoms with E-state index in [2.05, 4.69) is 15.9 Å². The van der Waals surface area contributed by atoms with Crippen molar-refractivity contribution < 1.29 is 19.0 Å². The van der Waals surface area contributed by atoms with Crippen LogP contribution in [0.15, 0.2) is 77.3 Å². The van der Waals surface area contributed by atoms with E-state index < -0.39 is 0 Å². The number of carbonyl (C=O) groups excluding carboxylic acids is 1. The van der Waals surface area contributed by atoms with E-state index in [1.807, 2.05) is 60.7 Å². The summed E-state index contributed by atoms with van der Waals surface area (Å²) in [6.07, 6.45) is 0. The van der Waals surface area contributed by atoms with Gasteiger partial charge < -0.3 is 14.2 Å². The van der Waals surface area contributed by atoms with E-state index in [0.29, 0.717) is 23.7 Å². The molecule has 0 aromatic heterocycles. The van der Waals surface area contributed by atoms with Gasteiger partial charge in [0.2, 0.25) is 0 Å². The highest BCUT2D eigenvalue weighted by atomic mass is 79.9. The summed E-state index contributed by atoms with van der Waals surface area (Å²) in [5.41, 5.74) is 2.40. The van der Waals surface area contributed by atoms with Crippen molar-refractivity contribution in [2.45, 2.75) is 13.2 Å². The summed E-state index contributed by atoms with van der Waals surface area (Å²) in [5, 5.41) is 0. The maximum absolute atomic E-state index is 12.2. The summed E-state index contributed by atoms with van der Waals surface area (Å²) >= 11 is 3.38. The standard InChI is InChI=1S/C22H19BrO4/c1-25-20-4-2-3-5-21(20)26-14-16-6-10-18(11-7-16)22(24)27-15-17-8-12-19(23)13-9-17/h2-13H,14-15H2,1H3. The Hall–Kier alpha value is -2.79. The Balaban J connectivity index is 1.54. The second-order valence-corrected chi connectivity index (χ2v) is 6.75.